The van der Waals surface area contributed by atoms with Gasteiger partial charge in [-0.05, 0) is 75.9 Å². The van der Waals surface area contributed by atoms with Gasteiger partial charge < -0.3 is 24.4 Å². The van der Waals surface area contributed by atoms with Crippen LogP contribution in [0, 0.1) is 0 Å². The molecule has 0 radical (unpaired) electrons. The molecule has 0 aliphatic carbocycles. The van der Waals surface area contributed by atoms with Crippen molar-refractivity contribution in [2.24, 2.45) is 0 Å². The zero-order chi connectivity index (χ0) is 23.3. The van der Waals surface area contributed by atoms with E-state index in [1.807, 2.05) is 50.2 Å². The summed E-state index contributed by atoms with van der Waals surface area (Å²) in [6.45, 7) is 3.56. The number of benzene rings is 2. The number of carbonyl (C=O) groups excluding carboxylic acids is 2. The van der Waals surface area contributed by atoms with Crippen LogP contribution in [-0.4, -0.2) is 67.5 Å². The number of ketones is 1. The fourth-order valence-corrected chi connectivity index (χ4v) is 3.86. The largest absolute Gasteiger partial charge is 0.507 e. The van der Waals surface area contributed by atoms with Gasteiger partial charge in [0.15, 0.2) is 0 Å². The minimum atomic E-state index is -0.695. The van der Waals surface area contributed by atoms with Crippen LogP contribution in [0.3, 0.4) is 0 Å². The Morgan fingerprint density at radius 3 is 2.44 bits per heavy atom. The summed E-state index contributed by atoms with van der Waals surface area (Å²) < 4.78 is 10.8. The quantitative estimate of drug-likeness (QED) is 0.367. The van der Waals surface area contributed by atoms with Gasteiger partial charge in [-0.2, -0.15) is 0 Å². The molecule has 7 heteroatoms. The molecule has 3 rings (SSSR count). The molecule has 1 fully saturated rings. The number of likely N-dealkylation sites (tertiary alicyclic amines) is 1. The maximum atomic E-state index is 13.1. The summed E-state index contributed by atoms with van der Waals surface area (Å²) in [4.78, 5) is 29.6. The first-order chi connectivity index (χ1) is 15.4. The Morgan fingerprint density at radius 2 is 1.81 bits per heavy atom. The van der Waals surface area contributed by atoms with Crippen LogP contribution in [0.5, 0.6) is 11.5 Å². The van der Waals surface area contributed by atoms with Crippen LogP contribution in [0.2, 0.25) is 0 Å². The van der Waals surface area contributed by atoms with Crippen LogP contribution < -0.4 is 9.47 Å². The number of carbonyl (C=O) groups is 2. The van der Waals surface area contributed by atoms with Crippen LogP contribution in [0.15, 0.2) is 54.1 Å². The van der Waals surface area contributed by atoms with Gasteiger partial charge in [-0.15, -0.1) is 0 Å². The van der Waals surface area contributed by atoms with Gasteiger partial charge in [0.1, 0.15) is 17.3 Å². The topological polar surface area (TPSA) is 79.3 Å². The number of ether oxygens (including phenoxy) is 2. The molecule has 1 aliphatic heterocycles. The number of hydrogen-bond acceptors (Lipinski definition) is 6. The second-order valence-corrected chi connectivity index (χ2v) is 7.88. The second-order valence-electron chi connectivity index (χ2n) is 7.88. The summed E-state index contributed by atoms with van der Waals surface area (Å²) in [5.41, 5.74) is 1.25. The molecule has 1 aliphatic rings. The Bertz CT molecular complexity index is 998. The third kappa shape index (κ3) is 4.94. The monoisotopic (exact) mass is 438 g/mol. The first kappa shape index (κ1) is 23.3. The van der Waals surface area contributed by atoms with Crippen molar-refractivity contribution in [1.29, 1.82) is 0 Å². The number of nitrogens with zero attached hydrogens (tertiary/aromatic N) is 2. The highest BCUT2D eigenvalue weighted by atomic mass is 16.5. The summed E-state index contributed by atoms with van der Waals surface area (Å²) in [7, 11) is 5.47. The van der Waals surface area contributed by atoms with E-state index in [0.717, 1.165) is 12.1 Å². The number of hydrogen-bond donors (Lipinski definition) is 1. The van der Waals surface area contributed by atoms with E-state index in [0.29, 0.717) is 36.6 Å². The van der Waals surface area contributed by atoms with Crippen molar-refractivity contribution in [2.75, 3.05) is 40.9 Å². The molecular formula is C25H30N2O5. The molecule has 1 saturated heterocycles. The number of Topliss-reactive ketones (excluding diaryl/α,β-unsaturated/α-hetero) is 1. The molecule has 0 bridgehead atoms. The molecule has 2 aromatic rings. The lowest BCUT2D eigenvalue weighted by Gasteiger charge is -2.26. The van der Waals surface area contributed by atoms with Gasteiger partial charge in [-0.3, -0.25) is 9.59 Å². The Kier molecular flexibility index (Phi) is 7.53. The van der Waals surface area contributed by atoms with Crippen LogP contribution in [0.1, 0.15) is 30.5 Å². The van der Waals surface area contributed by atoms with Gasteiger partial charge in [-0.25, -0.2) is 0 Å². The lowest BCUT2D eigenvalue weighted by atomic mass is 9.95. The lowest BCUT2D eigenvalue weighted by molar-refractivity contribution is -0.139. The van der Waals surface area contributed by atoms with Crippen molar-refractivity contribution in [1.82, 2.24) is 9.80 Å². The van der Waals surface area contributed by atoms with E-state index in [2.05, 4.69) is 0 Å². The van der Waals surface area contributed by atoms with E-state index >= 15 is 0 Å². The second kappa shape index (κ2) is 10.3. The number of aliphatic hydroxyl groups excluding tert-OH is 1. The smallest absolute Gasteiger partial charge is 0.295 e. The molecule has 170 valence electrons. The van der Waals surface area contributed by atoms with Crippen LogP contribution in [-0.2, 0) is 9.59 Å². The van der Waals surface area contributed by atoms with Crippen LogP contribution in [0.25, 0.3) is 5.76 Å². The van der Waals surface area contributed by atoms with E-state index < -0.39 is 17.7 Å². The van der Waals surface area contributed by atoms with Gasteiger partial charge in [0.2, 0.25) is 0 Å². The Morgan fingerprint density at radius 1 is 1.09 bits per heavy atom. The van der Waals surface area contributed by atoms with Gasteiger partial charge >= 0.3 is 0 Å². The van der Waals surface area contributed by atoms with Crippen molar-refractivity contribution >= 4 is 17.4 Å². The van der Waals surface area contributed by atoms with E-state index in [4.69, 9.17) is 9.47 Å². The van der Waals surface area contributed by atoms with E-state index in [1.165, 1.54) is 0 Å². The third-order valence-corrected chi connectivity index (χ3v) is 5.39. The summed E-state index contributed by atoms with van der Waals surface area (Å²) >= 11 is 0. The van der Waals surface area contributed by atoms with E-state index in [9.17, 15) is 14.7 Å². The Balaban J connectivity index is 2.08. The SMILES string of the molecule is CCOc1cccc(C2/C(=C(\O)c3ccc(OC)cc3)C(=O)C(=O)N2CCCN(C)C)c1. The molecular weight excluding hydrogens is 408 g/mol. The zero-order valence-corrected chi connectivity index (χ0v) is 19.0. The summed E-state index contributed by atoms with van der Waals surface area (Å²) in [6.07, 6.45) is 0.699. The van der Waals surface area contributed by atoms with Gasteiger partial charge in [0, 0.05) is 12.1 Å². The molecule has 1 amide bonds. The van der Waals surface area contributed by atoms with Crippen molar-refractivity contribution in [2.45, 2.75) is 19.4 Å². The Labute approximate surface area is 188 Å². The first-order valence-corrected chi connectivity index (χ1v) is 10.7. The van der Waals surface area contributed by atoms with Crippen LogP contribution >= 0.6 is 0 Å². The Hall–Kier alpha value is -3.32. The molecule has 1 N–H and O–H groups in total. The molecule has 1 unspecified atom stereocenters. The molecule has 7 nitrogen and oxygen atoms in total. The highest BCUT2D eigenvalue weighted by Crippen LogP contribution is 2.40. The summed E-state index contributed by atoms with van der Waals surface area (Å²) in [6, 6.07) is 13.4. The number of amides is 1. The number of rotatable bonds is 9. The average Bonchev–Trinajstić information content (AvgIpc) is 3.04. The predicted molar refractivity (Wildman–Crippen MR) is 123 cm³/mol. The van der Waals surface area contributed by atoms with E-state index in [-0.39, 0.29) is 11.3 Å². The van der Waals surface area contributed by atoms with Crippen molar-refractivity contribution in [3.05, 3.63) is 65.2 Å². The summed E-state index contributed by atoms with van der Waals surface area (Å²) in [5, 5.41) is 11.1. The standard InChI is InChI=1S/C25H30N2O5/c1-5-32-20-9-6-8-18(16-20)22-21(23(28)17-10-12-19(31-4)13-11-17)24(29)25(30)27(22)15-7-14-26(2)3/h6,8-13,16,22,28H,5,7,14-15H2,1-4H3/b23-21+. The average molecular weight is 439 g/mol. The molecule has 1 heterocycles. The number of aliphatic hydroxyl groups is 1. The fraction of sp³-hybridized carbons (Fsp3) is 0.360. The van der Waals surface area contributed by atoms with Crippen LogP contribution in [0.4, 0.5) is 0 Å². The maximum Gasteiger partial charge on any atom is 0.295 e. The minimum Gasteiger partial charge on any atom is -0.507 e. The van der Waals surface area contributed by atoms with Crippen molar-refractivity contribution < 1.29 is 24.2 Å². The maximum absolute atomic E-state index is 13.1. The van der Waals surface area contributed by atoms with Gasteiger partial charge in [0.05, 0.1) is 25.3 Å². The number of methoxy groups -OCH3 is 1. The molecule has 32 heavy (non-hydrogen) atoms. The highest BCUT2D eigenvalue weighted by molar-refractivity contribution is 6.46. The zero-order valence-electron chi connectivity index (χ0n) is 19.0. The van der Waals surface area contributed by atoms with Crippen molar-refractivity contribution in [3.8, 4) is 11.5 Å². The normalized spacial score (nSPS) is 17.8. The van der Waals surface area contributed by atoms with Gasteiger partial charge in [-0.1, -0.05) is 12.1 Å². The highest BCUT2D eigenvalue weighted by Gasteiger charge is 2.45. The molecule has 0 spiro atoms. The van der Waals surface area contributed by atoms with Crippen molar-refractivity contribution in [3.63, 3.8) is 0 Å². The first-order valence-electron chi connectivity index (χ1n) is 10.7. The molecule has 1 atom stereocenters. The molecule has 0 saturated carbocycles. The fourth-order valence-electron chi connectivity index (χ4n) is 3.86. The minimum absolute atomic E-state index is 0.0821. The molecule has 0 aromatic heterocycles. The third-order valence-electron chi connectivity index (χ3n) is 5.39. The summed E-state index contributed by atoms with van der Waals surface area (Å²) in [5.74, 6) is -0.214. The predicted octanol–water partition coefficient (Wildman–Crippen LogP) is 3.47. The lowest BCUT2D eigenvalue weighted by Crippen LogP contribution is -2.32. The van der Waals surface area contributed by atoms with Gasteiger partial charge in [0.25, 0.3) is 11.7 Å². The molecule has 2 aromatic carbocycles. The van der Waals surface area contributed by atoms with E-state index in [1.54, 1.807) is 36.3 Å².